The average Bonchev–Trinajstić information content (AvgIpc) is 2.71. The fourth-order valence-electron chi connectivity index (χ4n) is 3.03. The maximum Gasteiger partial charge on any atom is 0.244 e. The maximum absolute atomic E-state index is 12.8. The van der Waals surface area contributed by atoms with E-state index in [-0.39, 0.29) is 18.4 Å². The quantitative estimate of drug-likeness (QED) is 0.252. The summed E-state index contributed by atoms with van der Waals surface area (Å²) in [6.45, 7) is 10.9. The molecule has 0 aromatic heterocycles. The van der Waals surface area contributed by atoms with Crippen LogP contribution in [0.4, 0.5) is 5.69 Å². The number of anilines is 1. The molecule has 1 fully saturated rings. The van der Waals surface area contributed by atoms with Gasteiger partial charge in [-0.1, -0.05) is 69.4 Å². The van der Waals surface area contributed by atoms with Gasteiger partial charge in [-0.2, -0.15) is 0 Å². The summed E-state index contributed by atoms with van der Waals surface area (Å²) < 4.78 is 0.775. The fourth-order valence-corrected chi connectivity index (χ4v) is 3.46. The van der Waals surface area contributed by atoms with Crippen LogP contribution in [0.2, 0.25) is 5.02 Å². The average molecular weight is 482 g/mol. The Kier molecular flexibility index (Phi) is 9.21. The van der Waals surface area contributed by atoms with E-state index in [0.29, 0.717) is 24.7 Å². The smallest absolute Gasteiger partial charge is 0.244 e. The minimum Gasteiger partial charge on any atom is -0.368 e. The molecule has 1 amide bonds. The molecule has 0 bridgehead atoms. The number of hydrogen-bond acceptors (Lipinski definition) is 4. The van der Waals surface area contributed by atoms with E-state index < -0.39 is 0 Å². The van der Waals surface area contributed by atoms with E-state index in [4.69, 9.17) is 17.4 Å². The molecule has 1 aromatic carbocycles. The van der Waals surface area contributed by atoms with Crippen molar-refractivity contribution in [2.24, 2.45) is 22.2 Å². The standard InChI is InChI=1S/C20H26BrClN6O/c1-3-4-5-17(16(2)21)14-28(25-24-23)15-20(29)27-12-10-26(11-13-27)19-8-6-18(22)7-9-19/h3-9,17H,1-2,10-15H2,(H2,23,25). The molecule has 1 saturated heterocycles. The Morgan fingerprint density at radius 2 is 1.97 bits per heavy atom. The number of carbonyl (C=O) groups excluding carboxylic acids is 1. The Labute approximate surface area is 185 Å². The molecule has 1 unspecified atom stereocenters. The van der Waals surface area contributed by atoms with Crippen molar-refractivity contribution >= 4 is 39.1 Å². The van der Waals surface area contributed by atoms with Gasteiger partial charge in [0.2, 0.25) is 5.91 Å². The van der Waals surface area contributed by atoms with Crippen LogP contribution in [0, 0.1) is 5.92 Å². The number of halogens is 2. The van der Waals surface area contributed by atoms with Crippen molar-refractivity contribution in [3.8, 4) is 0 Å². The van der Waals surface area contributed by atoms with Crippen LogP contribution in [-0.2, 0) is 4.79 Å². The van der Waals surface area contributed by atoms with Crippen molar-refractivity contribution in [3.05, 3.63) is 65.2 Å². The Morgan fingerprint density at radius 3 is 2.52 bits per heavy atom. The van der Waals surface area contributed by atoms with E-state index in [1.54, 1.807) is 11.1 Å². The van der Waals surface area contributed by atoms with Crippen LogP contribution in [0.15, 0.2) is 70.6 Å². The second-order valence-electron chi connectivity index (χ2n) is 6.57. The van der Waals surface area contributed by atoms with E-state index in [2.05, 4.69) is 44.4 Å². The lowest BCUT2D eigenvalue weighted by Gasteiger charge is -2.36. The molecule has 0 aliphatic carbocycles. The van der Waals surface area contributed by atoms with Crippen LogP contribution in [0.3, 0.4) is 0 Å². The lowest BCUT2D eigenvalue weighted by Crippen LogP contribution is -2.51. The lowest BCUT2D eigenvalue weighted by atomic mass is 10.1. The first-order valence-electron chi connectivity index (χ1n) is 9.22. The fraction of sp³-hybridized carbons (Fsp3) is 0.350. The molecule has 1 heterocycles. The van der Waals surface area contributed by atoms with E-state index in [9.17, 15) is 4.79 Å². The molecule has 1 aromatic rings. The molecule has 1 aliphatic rings. The number of hydrogen-bond donors (Lipinski definition) is 1. The Balaban J connectivity index is 1.93. The largest absolute Gasteiger partial charge is 0.368 e. The van der Waals surface area contributed by atoms with Gasteiger partial charge in [0.25, 0.3) is 0 Å². The highest BCUT2D eigenvalue weighted by Crippen LogP contribution is 2.21. The molecule has 9 heteroatoms. The molecule has 0 radical (unpaired) electrons. The van der Waals surface area contributed by atoms with Crippen molar-refractivity contribution in [3.63, 3.8) is 0 Å². The second kappa shape index (κ2) is 11.6. The monoisotopic (exact) mass is 480 g/mol. The Morgan fingerprint density at radius 1 is 1.31 bits per heavy atom. The van der Waals surface area contributed by atoms with Crippen molar-refractivity contribution in [1.82, 2.24) is 9.91 Å². The molecule has 1 atom stereocenters. The molecule has 0 spiro atoms. The summed E-state index contributed by atoms with van der Waals surface area (Å²) in [5.41, 5.74) is 1.10. The van der Waals surface area contributed by atoms with E-state index >= 15 is 0 Å². The van der Waals surface area contributed by atoms with Gasteiger partial charge in [-0.25, -0.2) is 0 Å². The maximum atomic E-state index is 12.8. The summed E-state index contributed by atoms with van der Waals surface area (Å²) in [7, 11) is 0. The van der Waals surface area contributed by atoms with Crippen molar-refractivity contribution in [2.45, 2.75) is 0 Å². The first-order valence-corrected chi connectivity index (χ1v) is 10.4. The predicted octanol–water partition coefficient (Wildman–Crippen LogP) is 3.80. The van der Waals surface area contributed by atoms with Crippen LogP contribution < -0.4 is 10.7 Å². The molecule has 1 aliphatic heterocycles. The molecule has 29 heavy (non-hydrogen) atoms. The van der Waals surface area contributed by atoms with E-state index in [0.717, 1.165) is 23.3 Å². The number of nitrogens with zero attached hydrogens (tertiary/aromatic N) is 5. The molecule has 2 rings (SSSR count). The zero-order valence-electron chi connectivity index (χ0n) is 16.3. The minimum absolute atomic E-state index is 0.0141. The molecule has 0 saturated carbocycles. The van der Waals surface area contributed by atoms with Crippen LogP contribution in [0.1, 0.15) is 0 Å². The highest BCUT2D eigenvalue weighted by molar-refractivity contribution is 9.11. The summed E-state index contributed by atoms with van der Waals surface area (Å²) in [5, 5.41) is 9.53. The topological polar surface area (TPSA) is 77.5 Å². The normalized spacial score (nSPS) is 15.7. The van der Waals surface area contributed by atoms with Gasteiger partial charge in [-0.3, -0.25) is 9.80 Å². The minimum atomic E-state index is -0.0620. The number of nitrogens with two attached hydrogens (primary N) is 1. The third-order valence-corrected chi connectivity index (χ3v) is 5.45. The van der Waals surface area contributed by atoms with Crippen LogP contribution in [-0.4, -0.2) is 55.1 Å². The van der Waals surface area contributed by atoms with Gasteiger partial charge >= 0.3 is 0 Å². The number of allylic oxidation sites excluding steroid dienone is 2. The van der Waals surface area contributed by atoms with Gasteiger partial charge in [0.05, 0.1) is 0 Å². The highest BCUT2D eigenvalue weighted by atomic mass is 79.9. The van der Waals surface area contributed by atoms with E-state index in [1.807, 2.05) is 41.3 Å². The first-order chi connectivity index (χ1) is 13.9. The van der Waals surface area contributed by atoms with Gasteiger partial charge in [-0.05, 0) is 28.7 Å². The molecule has 2 N–H and O–H groups in total. The molecular weight excluding hydrogens is 456 g/mol. The van der Waals surface area contributed by atoms with Crippen LogP contribution >= 0.6 is 27.5 Å². The van der Waals surface area contributed by atoms with Crippen molar-refractivity contribution in [1.29, 1.82) is 0 Å². The predicted molar refractivity (Wildman–Crippen MR) is 122 cm³/mol. The zero-order chi connectivity index (χ0) is 21.2. The summed E-state index contributed by atoms with van der Waals surface area (Å²) in [4.78, 5) is 16.8. The van der Waals surface area contributed by atoms with E-state index in [1.165, 1.54) is 0 Å². The zero-order valence-corrected chi connectivity index (χ0v) is 18.6. The first kappa shape index (κ1) is 23.0. The summed E-state index contributed by atoms with van der Waals surface area (Å²) in [6.07, 6.45) is 5.44. The van der Waals surface area contributed by atoms with Crippen molar-refractivity contribution in [2.75, 3.05) is 44.2 Å². The third kappa shape index (κ3) is 7.21. The second-order valence-corrected chi connectivity index (χ2v) is 8.03. The number of rotatable bonds is 9. The van der Waals surface area contributed by atoms with Gasteiger partial charge in [0.1, 0.15) is 6.54 Å². The summed E-state index contributed by atoms with van der Waals surface area (Å²) in [6, 6.07) is 7.73. The Bertz CT molecular complexity index is 759. The number of piperazine rings is 1. The number of benzene rings is 1. The third-order valence-electron chi connectivity index (χ3n) is 4.61. The van der Waals surface area contributed by atoms with Gasteiger partial charge in [0, 0.05) is 49.4 Å². The Hall–Kier alpha value is -2.32. The van der Waals surface area contributed by atoms with Crippen LogP contribution in [0.25, 0.3) is 0 Å². The SMILES string of the molecule is C=CC=CC(CN(CC(=O)N1CCN(c2ccc(Cl)cc2)CC1)/N=N\N)C(=C)Br. The number of amides is 1. The summed E-state index contributed by atoms with van der Waals surface area (Å²) >= 11 is 9.36. The van der Waals surface area contributed by atoms with Crippen LogP contribution in [0.5, 0.6) is 0 Å². The molecular formula is C20H26BrClN6O. The molecule has 156 valence electrons. The van der Waals surface area contributed by atoms with Crippen molar-refractivity contribution < 1.29 is 4.79 Å². The molecule has 7 nitrogen and oxygen atoms in total. The lowest BCUT2D eigenvalue weighted by molar-refractivity contribution is -0.132. The van der Waals surface area contributed by atoms with Gasteiger partial charge in [-0.15, -0.1) is 0 Å². The van der Waals surface area contributed by atoms with Gasteiger partial charge in [0.15, 0.2) is 0 Å². The number of carbonyl (C=O) groups is 1. The highest BCUT2D eigenvalue weighted by Gasteiger charge is 2.24. The van der Waals surface area contributed by atoms with Gasteiger partial charge < -0.3 is 15.6 Å². The summed E-state index contributed by atoms with van der Waals surface area (Å²) in [5.74, 6) is 5.16.